The number of carbonyl (C=O) groups excluding carboxylic acids is 1. The van der Waals surface area contributed by atoms with Gasteiger partial charge in [-0.2, -0.15) is 0 Å². The minimum absolute atomic E-state index is 0.0223. The summed E-state index contributed by atoms with van der Waals surface area (Å²) >= 11 is 0. The van der Waals surface area contributed by atoms with Crippen molar-refractivity contribution in [2.75, 3.05) is 26.2 Å². The van der Waals surface area contributed by atoms with Crippen molar-refractivity contribution >= 4 is 17.9 Å². The van der Waals surface area contributed by atoms with Gasteiger partial charge in [-0.3, -0.25) is 0 Å². The van der Waals surface area contributed by atoms with Crippen molar-refractivity contribution in [3.05, 3.63) is 65.8 Å². The molecule has 0 saturated heterocycles. The number of ether oxygens (including phenoxy) is 1. The van der Waals surface area contributed by atoms with Crippen LogP contribution in [0.3, 0.4) is 0 Å². The average molecular weight is 474 g/mol. The van der Waals surface area contributed by atoms with Crippen molar-refractivity contribution in [2.24, 2.45) is 5.41 Å². The largest absolute Gasteiger partial charge is 0.477 e. The van der Waals surface area contributed by atoms with E-state index in [1.165, 1.54) is 24.0 Å². The van der Waals surface area contributed by atoms with E-state index in [9.17, 15) is 14.4 Å². The Morgan fingerprint density at radius 2 is 1.68 bits per heavy atom. The zero-order valence-corrected chi connectivity index (χ0v) is 21.1. The number of esters is 1. The molecule has 0 fully saturated rings. The van der Waals surface area contributed by atoms with Crippen LogP contribution < -0.4 is 0 Å². The van der Waals surface area contributed by atoms with Crippen molar-refractivity contribution in [2.45, 2.75) is 53.9 Å². The molecule has 0 aromatic heterocycles. The lowest BCUT2D eigenvalue weighted by Gasteiger charge is -2.37. The molecule has 0 aromatic rings. The molecule has 0 heterocycles. The standard InChI is InChI=1S/C27H39NO6/c1-20(11-8-14-23-22(3)13-9-15-27(23,4)5)10-7-12-21(2)19-34-26(33)18-28(6,16-24(29)30)17-25(31)32/h7-8,10-12,14H,6,9,13,15-19H2,1-5H3,(H,29,30)(H,31,32)/b10-7+,14-8+,20-11+,21-12+. The summed E-state index contributed by atoms with van der Waals surface area (Å²) in [5.74, 6) is -3.18. The van der Waals surface area contributed by atoms with Gasteiger partial charge in [0.2, 0.25) is 0 Å². The number of rotatable bonds is 12. The Hall–Kier alpha value is -2.93. The Bertz CT molecular complexity index is 901. The van der Waals surface area contributed by atoms with Gasteiger partial charge in [0, 0.05) is 0 Å². The monoisotopic (exact) mass is 473 g/mol. The maximum atomic E-state index is 12.1. The number of aliphatic carboxylic acids is 2. The molecule has 0 atom stereocenters. The molecule has 7 nitrogen and oxygen atoms in total. The first-order valence-corrected chi connectivity index (χ1v) is 11.4. The van der Waals surface area contributed by atoms with Gasteiger partial charge in [-0.1, -0.05) is 61.4 Å². The van der Waals surface area contributed by atoms with E-state index in [1.807, 2.05) is 25.2 Å². The second-order valence-electron chi connectivity index (χ2n) is 9.84. The first kappa shape index (κ1) is 29.1. The van der Waals surface area contributed by atoms with Crippen LogP contribution >= 0.6 is 0 Å². The zero-order valence-electron chi connectivity index (χ0n) is 21.1. The van der Waals surface area contributed by atoms with Gasteiger partial charge in [0.05, 0.1) is 0 Å². The van der Waals surface area contributed by atoms with Gasteiger partial charge in [0.15, 0.2) is 19.6 Å². The third kappa shape index (κ3) is 10.8. The molecule has 0 aromatic carbocycles. The Labute approximate surface area is 203 Å². The fourth-order valence-electron chi connectivity index (χ4n) is 4.03. The zero-order chi connectivity index (χ0) is 25.9. The first-order chi connectivity index (χ1) is 15.7. The smallest absolute Gasteiger partial charge is 0.359 e. The van der Waals surface area contributed by atoms with Crippen molar-refractivity contribution in [1.29, 1.82) is 0 Å². The molecule has 0 amide bonds. The fourth-order valence-corrected chi connectivity index (χ4v) is 4.03. The number of carboxylic acid groups (broad SMARTS) is 2. The summed E-state index contributed by atoms with van der Waals surface area (Å²) in [5, 5.41) is 17.9. The highest BCUT2D eigenvalue weighted by molar-refractivity contribution is 5.74. The van der Waals surface area contributed by atoms with E-state index >= 15 is 0 Å². The minimum Gasteiger partial charge on any atom is -0.477 e. The molecule has 7 heteroatoms. The van der Waals surface area contributed by atoms with Gasteiger partial charge < -0.3 is 19.4 Å². The molecular formula is C27H39NO6. The topological polar surface area (TPSA) is 101 Å². The highest BCUT2D eigenvalue weighted by Gasteiger charge is 2.27. The quantitative estimate of drug-likeness (QED) is 0.182. The van der Waals surface area contributed by atoms with Crippen molar-refractivity contribution in [1.82, 2.24) is 0 Å². The van der Waals surface area contributed by atoms with Crippen LogP contribution in [-0.2, 0) is 19.1 Å². The van der Waals surface area contributed by atoms with Crippen molar-refractivity contribution < 1.29 is 33.8 Å². The predicted molar refractivity (Wildman–Crippen MR) is 133 cm³/mol. The molecule has 1 rings (SSSR count). The Kier molecular flexibility index (Phi) is 11.2. The molecule has 0 unspecified atom stereocenters. The van der Waals surface area contributed by atoms with Gasteiger partial charge in [0.1, 0.15) is 6.61 Å². The molecule has 34 heavy (non-hydrogen) atoms. The van der Waals surface area contributed by atoms with Crippen LogP contribution in [0.5, 0.6) is 0 Å². The lowest BCUT2D eigenvalue weighted by molar-refractivity contribution is -0.863. The van der Waals surface area contributed by atoms with Gasteiger partial charge in [-0.25, -0.2) is 14.4 Å². The summed E-state index contributed by atoms with van der Waals surface area (Å²) in [6.07, 6.45) is 15.6. The normalized spacial score (nSPS) is 17.5. The maximum Gasteiger partial charge on any atom is 0.359 e. The molecule has 0 spiro atoms. The van der Waals surface area contributed by atoms with Gasteiger partial charge in [0.25, 0.3) is 0 Å². The highest BCUT2D eigenvalue weighted by Crippen LogP contribution is 2.40. The van der Waals surface area contributed by atoms with Crippen LogP contribution in [-0.4, -0.2) is 58.8 Å². The lowest BCUT2D eigenvalue weighted by Crippen LogP contribution is -2.52. The first-order valence-electron chi connectivity index (χ1n) is 11.4. The molecule has 0 bridgehead atoms. The summed E-state index contributed by atoms with van der Waals surface area (Å²) in [6.45, 7) is 9.01. The van der Waals surface area contributed by atoms with E-state index in [1.54, 1.807) is 6.92 Å². The summed E-state index contributed by atoms with van der Waals surface area (Å²) in [7, 11) is 3.59. The third-order valence-electron chi connectivity index (χ3n) is 5.77. The third-order valence-corrected chi connectivity index (χ3v) is 5.77. The number of carboxylic acids is 2. The number of hydrogen-bond acceptors (Lipinski definition) is 4. The number of allylic oxidation sites excluding steroid dienone is 9. The number of carbonyl (C=O) groups is 3. The summed E-state index contributed by atoms with van der Waals surface area (Å²) < 4.78 is 4.46. The molecule has 1 aliphatic rings. The second kappa shape index (κ2) is 13.1. The number of hydrogen-bond donors (Lipinski definition) is 2. The van der Waals surface area contributed by atoms with Crippen LogP contribution in [0.2, 0.25) is 0 Å². The van der Waals surface area contributed by atoms with Crippen LogP contribution in [0.15, 0.2) is 58.7 Å². The van der Waals surface area contributed by atoms with Gasteiger partial charge in [-0.15, -0.1) is 7.05 Å². The maximum absolute atomic E-state index is 12.1. The SMILES string of the molecule is [CH2-][N+](CC(=O)O)(CC(=O)O)CC(=O)OC/C(C)=C/C=C/C(C)=C/C=C/C1=C(C)CCCC1(C)C. The molecule has 1 aliphatic carbocycles. The van der Waals surface area contributed by atoms with Crippen LogP contribution in [0.25, 0.3) is 0 Å². The fraction of sp³-hybridized carbons (Fsp3) is 0.481. The Morgan fingerprint density at radius 1 is 1.06 bits per heavy atom. The summed E-state index contributed by atoms with van der Waals surface area (Å²) in [6, 6.07) is 0. The number of quaternary nitrogens is 1. The molecule has 2 N–H and O–H groups in total. The van der Waals surface area contributed by atoms with Crippen LogP contribution in [0.1, 0.15) is 53.9 Å². The second-order valence-corrected chi connectivity index (χ2v) is 9.84. The summed E-state index contributed by atoms with van der Waals surface area (Å²) in [5.41, 5.74) is 4.95. The van der Waals surface area contributed by atoms with Crippen molar-refractivity contribution in [3.63, 3.8) is 0 Å². The van der Waals surface area contributed by atoms with E-state index in [-0.39, 0.29) is 12.0 Å². The van der Waals surface area contributed by atoms with E-state index < -0.39 is 42.0 Å². The van der Waals surface area contributed by atoms with E-state index in [0.717, 1.165) is 17.6 Å². The van der Waals surface area contributed by atoms with E-state index in [4.69, 9.17) is 14.9 Å². The van der Waals surface area contributed by atoms with E-state index in [0.29, 0.717) is 0 Å². The molecule has 188 valence electrons. The molecular weight excluding hydrogens is 434 g/mol. The van der Waals surface area contributed by atoms with Gasteiger partial charge in [-0.05, 0) is 56.6 Å². The highest BCUT2D eigenvalue weighted by atomic mass is 16.5. The molecule has 0 aliphatic heterocycles. The number of nitrogens with zero attached hydrogens (tertiary/aromatic N) is 1. The van der Waals surface area contributed by atoms with Crippen LogP contribution in [0.4, 0.5) is 0 Å². The summed E-state index contributed by atoms with van der Waals surface area (Å²) in [4.78, 5) is 34.1. The van der Waals surface area contributed by atoms with Gasteiger partial charge >= 0.3 is 17.9 Å². The van der Waals surface area contributed by atoms with E-state index in [2.05, 4.69) is 46.0 Å². The van der Waals surface area contributed by atoms with Crippen molar-refractivity contribution in [3.8, 4) is 0 Å². The Morgan fingerprint density at radius 3 is 2.24 bits per heavy atom. The molecule has 0 saturated carbocycles. The minimum atomic E-state index is -1.24. The molecule has 0 radical (unpaired) electrons. The Balaban J connectivity index is 2.63. The average Bonchev–Trinajstić information content (AvgIpc) is 2.66. The predicted octanol–water partition coefficient (Wildman–Crippen LogP) is 4.84. The van der Waals surface area contributed by atoms with Crippen LogP contribution in [0, 0.1) is 12.5 Å². The lowest BCUT2D eigenvalue weighted by atomic mass is 9.72.